The van der Waals surface area contributed by atoms with Gasteiger partial charge in [-0.2, -0.15) is 0 Å². The van der Waals surface area contributed by atoms with Crippen LogP contribution in [0.25, 0.3) is 11.4 Å². The Hall–Kier alpha value is -2.68. The molecule has 0 aliphatic heterocycles. The second-order valence-electron chi connectivity index (χ2n) is 4.01. The summed E-state index contributed by atoms with van der Waals surface area (Å²) in [5, 5.41) is 25.7. The molecule has 0 aliphatic rings. The first kappa shape index (κ1) is 14.7. The summed E-state index contributed by atoms with van der Waals surface area (Å²) in [5.41, 5.74) is -0.181. The van der Waals surface area contributed by atoms with E-state index in [0.717, 1.165) is 6.07 Å². The summed E-state index contributed by atoms with van der Waals surface area (Å²) in [6.45, 7) is -0.0825. The number of carbonyl (C=O) groups is 3. The summed E-state index contributed by atoms with van der Waals surface area (Å²) >= 11 is 4.03. The van der Waals surface area contributed by atoms with Gasteiger partial charge in [0, 0.05) is 5.56 Å². The summed E-state index contributed by atoms with van der Waals surface area (Å²) in [6.07, 6.45) is 0.603. The van der Waals surface area contributed by atoms with Crippen LogP contribution in [-0.2, 0) is 11.3 Å². The molecule has 0 spiro atoms. The fourth-order valence-corrected chi connectivity index (χ4v) is 1.98. The van der Waals surface area contributed by atoms with Crippen LogP contribution < -0.4 is 0 Å². The lowest BCUT2D eigenvalue weighted by molar-refractivity contribution is -0.108. The number of hydrogen-bond acceptors (Lipinski definition) is 6. The summed E-state index contributed by atoms with van der Waals surface area (Å²) < 4.78 is 1.34. The molecule has 2 N–H and O–H groups in total. The smallest absolute Gasteiger partial charge is 0.335 e. The maximum absolute atomic E-state index is 11.1. The molecule has 0 saturated heterocycles. The monoisotopic (exact) mass is 307 g/mol. The molecule has 1 aromatic carbocycles. The minimum absolute atomic E-state index is 0.0825. The third-order valence-corrected chi connectivity index (χ3v) is 3.00. The third kappa shape index (κ3) is 2.92. The first-order valence-electron chi connectivity index (χ1n) is 5.62. The summed E-state index contributed by atoms with van der Waals surface area (Å²) in [7, 11) is 0. The molecule has 0 bridgehead atoms. The number of benzene rings is 1. The van der Waals surface area contributed by atoms with E-state index in [0.29, 0.717) is 6.29 Å². The zero-order valence-corrected chi connectivity index (χ0v) is 11.3. The van der Waals surface area contributed by atoms with Crippen LogP contribution in [0.15, 0.2) is 23.4 Å². The van der Waals surface area contributed by atoms with Crippen LogP contribution >= 0.6 is 12.6 Å². The molecule has 0 atom stereocenters. The molecule has 0 radical (unpaired) electrons. The van der Waals surface area contributed by atoms with Gasteiger partial charge in [-0.25, -0.2) is 9.59 Å². The van der Waals surface area contributed by atoms with E-state index in [1.54, 1.807) is 0 Å². The normalized spacial score (nSPS) is 10.3. The molecule has 21 heavy (non-hydrogen) atoms. The summed E-state index contributed by atoms with van der Waals surface area (Å²) in [6, 6.07) is 3.55. The van der Waals surface area contributed by atoms with Gasteiger partial charge < -0.3 is 15.0 Å². The lowest BCUT2D eigenvalue weighted by Gasteiger charge is -2.07. The van der Waals surface area contributed by atoms with Gasteiger partial charge in [0.2, 0.25) is 0 Å². The van der Waals surface area contributed by atoms with Crippen molar-refractivity contribution in [1.29, 1.82) is 0 Å². The molecule has 2 rings (SSSR count). The van der Waals surface area contributed by atoms with E-state index >= 15 is 0 Å². The highest BCUT2D eigenvalue weighted by Gasteiger charge is 2.17. The minimum Gasteiger partial charge on any atom is -0.478 e. The number of hydrogen-bond donors (Lipinski definition) is 3. The Balaban J connectivity index is 2.65. The number of thiol groups is 1. The molecule has 9 heteroatoms. The minimum atomic E-state index is -1.27. The van der Waals surface area contributed by atoms with Crippen LogP contribution in [0.2, 0.25) is 0 Å². The van der Waals surface area contributed by atoms with Crippen LogP contribution in [0.3, 0.4) is 0 Å². The molecule has 1 aromatic heterocycles. The van der Waals surface area contributed by atoms with Crippen molar-refractivity contribution in [3.05, 3.63) is 29.3 Å². The summed E-state index contributed by atoms with van der Waals surface area (Å²) in [5.74, 6) is -2.38. The van der Waals surface area contributed by atoms with E-state index in [1.165, 1.54) is 16.7 Å². The molecule has 0 unspecified atom stereocenters. The number of carboxylic acids is 2. The SMILES string of the molecule is O=CCn1c(S)nnc1-c1cc(C(=O)O)cc(C(=O)O)c1. The highest BCUT2D eigenvalue weighted by atomic mass is 32.1. The lowest BCUT2D eigenvalue weighted by Crippen LogP contribution is -2.06. The quantitative estimate of drug-likeness (QED) is 0.552. The average Bonchev–Trinajstić information content (AvgIpc) is 2.80. The largest absolute Gasteiger partial charge is 0.478 e. The van der Waals surface area contributed by atoms with Crippen LogP contribution in [0.5, 0.6) is 0 Å². The van der Waals surface area contributed by atoms with Crippen LogP contribution in [0.4, 0.5) is 0 Å². The first-order valence-corrected chi connectivity index (χ1v) is 6.06. The van der Waals surface area contributed by atoms with Crippen LogP contribution in [-0.4, -0.2) is 43.2 Å². The molecule has 0 amide bonds. The molecular formula is C12H9N3O5S. The number of rotatable bonds is 5. The van der Waals surface area contributed by atoms with Gasteiger partial charge in [0.25, 0.3) is 0 Å². The molecule has 0 aliphatic carbocycles. The van der Waals surface area contributed by atoms with Crippen molar-refractivity contribution in [3.63, 3.8) is 0 Å². The number of carboxylic acid groups (broad SMARTS) is 2. The average molecular weight is 307 g/mol. The maximum atomic E-state index is 11.1. The Bertz CT molecular complexity index is 708. The van der Waals surface area contributed by atoms with Gasteiger partial charge >= 0.3 is 11.9 Å². The van der Waals surface area contributed by atoms with Crippen LogP contribution in [0.1, 0.15) is 20.7 Å². The lowest BCUT2D eigenvalue weighted by atomic mass is 10.0. The van der Waals surface area contributed by atoms with Crippen LogP contribution in [0, 0.1) is 0 Å². The number of carbonyl (C=O) groups excluding carboxylic acids is 1. The number of aromatic carboxylic acids is 2. The Morgan fingerprint density at radius 1 is 1.14 bits per heavy atom. The second-order valence-corrected chi connectivity index (χ2v) is 4.41. The second kappa shape index (κ2) is 5.75. The van der Waals surface area contributed by atoms with Crippen molar-refractivity contribution in [2.45, 2.75) is 11.7 Å². The molecular weight excluding hydrogens is 298 g/mol. The Morgan fingerprint density at radius 3 is 2.19 bits per heavy atom. The van der Waals surface area contributed by atoms with Gasteiger partial charge in [-0.15, -0.1) is 22.8 Å². The molecule has 0 saturated carbocycles. The van der Waals surface area contributed by atoms with Gasteiger partial charge in [-0.05, 0) is 18.2 Å². The van der Waals surface area contributed by atoms with Crippen molar-refractivity contribution in [2.75, 3.05) is 0 Å². The van der Waals surface area contributed by atoms with Gasteiger partial charge in [-0.1, -0.05) is 0 Å². The molecule has 2 aromatic rings. The number of nitrogens with zero attached hydrogens (tertiary/aromatic N) is 3. The zero-order valence-electron chi connectivity index (χ0n) is 10.4. The van der Waals surface area contributed by atoms with E-state index in [4.69, 9.17) is 10.2 Å². The first-order chi connectivity index (χ1) is 9.93. The van der Waals surface area contributed by atoms with Gasteiger partial charge in [0.1, 0.15) is 6.29 Å². The van der Waals surface area contributed by atoms with E-state index in [-0.39, 0.29) is 34.2 Å². The van der Waals surface area contributed by atoms with E-state index in [9.17, 15) is 14.4 Å². The maximum Gasteiger partial charge on any atom is 0.335 e. The number of aromatic nitrogens is 3. The van der Waals surface area contributed by atoms with Crippen molar-refractivity contribution in [3.8, 4) is 11.4 Å². The highest BCUT2D eigenvalue weighted by Crippen LogP contribution is 2.23. The van der Waals surface area contributed by atoms with E-state index in [1.807, 2.05) is 0 Å². The Labute approximate surface area is 123 Å². The predicted octanol–water partition coefficient (Wildman–Crippen LogP) is 0.829. The van der Waals surface area contributed by atoms with Crippen molar-refractivity contribution >= 4 is 30.9 Å². The highest BCUT2D eigenvalue weighted by molar-refractivity contribution is 7.80. The van der Waals surface area contributed by atoms with Gasteiger partial charge in [0.05, 0.1) is 17.7 Å². The third-order valence-electron chi connectivity index (χ3n) is 2.67. The van der Waals surface area contributed by atoms with Crippen molar-refractivity contribution in [2.24, 2.45) is 0 Å². The molecule has 0 fully saturated rings. The van der Waals surface area contributed by atoms with Crippen molar-refractivity contribution < 1.29 is 24.6 Å². The molecule has 108 valence electrons. The van der Waals surface area contributed by atoms with E-state index in [2.05, 4.69) is 22.8 Å². The van der Waals surface area contributed by atoms with Gasteiger partial charge in [-0.3, -0.25) is 4.57 Å². The number of aldehydes is 1. The Morgan fingerprint density at radius 2 is 1.71 bits per heavy atom. The fraction of sp³-hybridized carbons (Fsp3) is 0.0833. The fourth-order valence-electron chi connectivity index (χ4n) is 1.75. The van der Waals surface area contributed by atoms with Gasteiger partial charge in [0.15, 0.2) is 11.0 Å². The predicted molar refractivity (Wildman–Crippen MR) is 72.7 cm³/mol. The molecule has 8 nitrogen and oxygen atoms in total. The van der Waals surface area contributed by atoms with Crippen molar-refractivity contribution in [1.82, 2.24) is 14.8 Å². The Kier molecular flexibility index (Phi) is 4.03. The zero-order chi connectivity index (χ0) is 15.6. The summed E-state index contributed by atoms with van der Waals surface area (Å²) in [4.78, 5) is 32.8. The topological polar surface area (TPSA) is 122 Å². The molecule has 1 heterocycles. The standard InChI is InChI=1S/C12H9N3O5S/c16-2-1-15-9(13-14-12(15)21)6-3-7(10(17)18)5-8(4-6)11(19)20/h2-5H,1H2,(H,14,21)(H,17,18)(H,19,20). The van der Waals surface area contributed by atoms with E-state index < -0.39 is 11.9 Å².